The summed E-state index contributed by atoms with van der Waals surface area (Å²) in [7, 11) is 0. The van der Waals surface area contributed by atoms with Crippen LogP contribution in [0.15, 0.2) is 24.3 Å². The van der Waals surface area contributed by atoms with Gasteiger partial charge in [0, 0.05) is 11.6 Å². The minimum Gasteiger partial charge on any atom is -0.351 e. The van der Waals surface area contributed by atoms with Crippen LogP contribution in [0.2, 0.25) is 5.02 Å². The van der Waals surface area contributed by atoms with Gasteiger partial charge >= 0.3 is 0 Å². The zero-order valence-electron chi connectivity index (χ0n) is 10.5. The van der Waals surface area contributed by atoms with Crippen LogP contribution >= 0.6 is 11.6 Å². The van der Waals surface area contributed by atoms with Gasteiger partial charge in [0.2, 0.25) is 5.91 Å². The highest BCUT2D eigenvalue weighted by Crippen LogP contribution is 2.14. The molecule has 0 aliphatic carbocycles. The molecule has 1 aliphatic rings. The summed E-state index contributed by atoms with van der Waals surface area (Å²) in [5.41, 5.74) is 0.964. The zero-order chi connectivity index (χ0) is 12.8. The van der Waals surface area contributed by atoms with Gasteiger partial charge in [-0.25, -0.2) is 0 Å². The standard InChI is InChI=1S/C14H19ClN2O/c15-13-7-3-2-6-12(13)10-16-14(18)11-17-8-4-1-5-9-17/h2-3,6-7H,1,4-5,8-11H2,(H,16,18). The molecular weight excluding hydrogens is 248 g/mol. The molecule has 0 aromatic heterocycles. The second-order valence-electron chi connectivity index (χ2n) is 4.70. The van der Waals surface area contributed by atoms with Crippen LogP contribution in [0.5, 0.6) is 0 Å². The molecule has 0 unspecified atom stereocenters. The van der Waals surface area contributed by atoms with Crippen molar-refractivity contribution in [2.45, 2.75) is 25.8 Å². The van der Waals surface area contributed by atoms with Crippen molar-refractivity contribution in [3.05, 3.63) is 34.9 Å². The quantitative estimate of drug-likeness (QED) is 0.908. The number of piperidine rings is 1. The maximum absolute atomic E-state index is 11.8. The highest BCUT2D eigenvalue weighted by Gasteiger charge is 2.13. The molecule has 0 atom stereocenters. The SMILES string of the molecule is O=C(CN1CCCCC1)NCc1ccccc1Cl. The normalized spacial score (nSPS) is 16.5. The third-order valence-corrected chi connectivity index (χ3v) is 3.62. The van der Waals surface area contributed by atoms with Crippen LogP contribution in [-0.4, -0.2) is 30.4 Å². The van der Waals surface area contributed by atoms with E-state index in [0.717, 1.165) is 18.7 Å². The molecule has 1 fully saturated rings. The summed E-state index contributed by atoms with van der Waals surface area (Å²) in [6.07, 6.45) is 3.70. The van der Waals surface area contributed by atoms with E-state index in [1.54, 1.807) is 0 Å². The summed E-state index contributed by atoms with van der Waals surface area (Å²) in [6, 6.07) is 7.59. The van der Waals surface area contributed by atoms with Gasteiger partial charge in [-0.15, -0.1) is 0 Å². The zero-order valence-corrected chi connectivity index (χ0v) is 11.2. The van der Waals surface area contributed by atoms with Crippen LogP contribution in [0.25, 0.3) is 0 Å². The lowest BCUT2D eigenvalue weighted by atomic mass is 10.1. The Morgan fingerprint density at radius 2 is 1.94 bits per heavy atom. The molecule has 0 bridgehead atoms. The van der Waals surface area contributed by atoms with E-state index < -0.39 is 0 Å². The average Bonchev–Trinajstić information content (AvgIpc) is 2.39. The number of hydrogen-bond acceptors (Lipinski definition) is 2. The molecule has 1 saturated heterocycles. The van der Waals surface area contributed by atoms with Crippen LogP contribution < -0.4 is 5.32 Å². The van der Waals surface area contributed by atoms with E-state index in [4.69, 9.17) is 11.6 Å². The van der Waals surface area contributed by atoms with Crippen LogP contribution in [0.4, 0.5) is 0 Å². The number of amides is 1. The molecule has 3 nitrogen and oxygen atoms in total. The van der Waals surface area contributed by atoms with Crippen molar-refractivity contribution in [2.75, 3.05) is 19.6 Å². The van der Waals surface area contributed by atoms with Crippen molar-refractivity contribution < 1.29 is 4.79 Å². The Bertz CT molecular complexity index is 403. The smallest absolute Gasteiger partial charge is 0.234 e. The van der Waals surface area contributed by atoms with Gasteiger partial charge in [-0.1, -0.05) is 36.2 Å². The number of likely N-dealkylation sites (tertiary alicyclic amines) is 1. The largest absolute Gasteiger partial charge is 0.351 e. The van der Waals surface area contributed by atoms with E-state index in [0.29, 0.717) is 18.1 Å². The van der Waals surface area contributed by atoms with Crippen molar-refractivity contribution in [2.24, 2.45) is 0 Å². The Labute approximate surface area is 113 Å². The molecule has 4 heteroatoms. The number of halogens is 1. The maximum atomic E-state index is 11.8. The van der Waals surface area contributed by atoms with Crippen LogP contribution in [0, 0.1) is 0 Å². The molecule has 1 N–H and O–H groups in total. The predicted molar refractivity (Wildman–Crippen MR) is 73.6 cm³/mol. The Hall–Kier alpha value is -1.06. The topological polar surface area (TPSA) is 32.3 Å². The molecule has 1 amide bonds. The van der Waals surface area contributed by atoms with E-state index in [9.17, 15) is 4.79 Å². The number of nitrogens with one attached hydrogen (secondary N) is 1. The lowest BCUT2D eigenvalue weighted by Gasteiger charge is -2.25. The van der Waals surface area contributed by atoms with Gasteiger partial charge in [0.25, 0.3) is 0 Å². The molecule has 2 rings (SSSR count). The first kappa shape index (κ1) is 13.4. The first-order valence-corrected chi connectivity index (χ1v) is 6.86. The Morgan fingerprint density at radius 3 is 2.67 bits per heavy atom. The second-order valence-corrected chi connectivity index (χ2v) is 5.11. The monoisotopic (exact) mass is 266 g/mol. The number of nitrogens with zero attached hydrogens (tertiary/aromatic N) is 1. The number of hydrogen-bond donors (Lipinski definition) is 1. The minimum atomic E-state index is 0.0804. The highest BCUT2D eigenvalue weighted by molar-refractivity contribution is 6.31. The third-order valence-electron chi connectivity index (χ3n) is 3.25. The molecule has 1 aromatic rings. The molecule has 98 valence electrons. The first-order valence-electron chi connectivity index (χ1n) is 6.48. The van der Waals surface area contributed by atoms with Gasteiger partial charge in [0.1, 0.15) is 0 Å². The highest BCUT2D eigenvalue weighted by atomic mass is 35.5. The summed E-state index contributed by atoms with van der Waals surface area (Å²) in [5.74, 6) is 0.0804. The molecule has 18 heavy (non-hydrogen) atoms. The summed E-state index contributed by atoms with van der Waals surface area (Å²) >= 11 is 6.04. The fourth-order valence-electron chi connectivity index (χ4n) is 2.21. The number of carbonyl (C=O) groups excluding carboxylic acids is 1. The Morgan fingerprint density at radius 1 is 1.22 bits per heavy atom. The van der Waals surface area contributed by atoms with Crippen molar-refractivity contribution in [3.8, 4) is 0 Å². The van der Waals surface area contributed by atoms with Crippen molar-refractivity contribution in [1.82, 2.24) is 10.2 Å². The molecule has 0 spiro atoms. The lowest BCUT2D eigenvalue weighted by Crippen LogP contribution is -2.39. The molecule has 1 heterocycles. The molecule has 0 saturated carbocycles. The summed E-state index contributed by atoms with van der Waals surface area (Å²) in [4.78, 5) is 14.0. The summed E-state index contributed by atoms with van der Waals surface area (Å²) in [5, 5.41) is 3.63. The molecule has 1 aromatic carbocycles. The average molecular weight is 267 g/mol. The van der Waals surface area contributed by atoms with E-state index in [-0.39, 0.29) is 5.91 Å². The van der Waals surface area contributed by atoms with E-state index in [1.165, 1.54) is 19.3 Å². The van der Waals surface area contributed by atoms with Gasteiger partial charge in [-0.2, -0.15) is 0 Å². The summed E-state index contributed by atoms with van der Waals surface area (Å²) in [6.45, 7) is 3.09. The molecule has 0 radical (unpaired) electrons. The van der Waals surface area contributed by atoms with Gasteiger partial charge in [-0.05, 0) is 37.6 Å². The van der Waals surface area contributed by atoms with Gasteiger partial charge in [-0.3, -0.25) is 9.69 Å². The van der Waals surface area contributed by atoms with Crippen molar-refractivity contribution >= 4 is 17.5 Å². The maximum Gasteiger partial charge on any atom is 0.234 e. The van der Waals surface area contributed by atoms with Gasteiger partial charge in [0.15, 0.2) is 0 Å². The van der Waals surface area contributed by atoms with Crippen molar-refractivity contribution in [3.63, 3.8) is 0 Å². The molecule has 1 aliphatic heterocycles. The lowest BCUT2D eigenvalue weighted by molar-refractivity contribution is -0.122. The van der Waals surface area contributed by atoms with Crippen molar-refractivity contribution in [1.29, 1.82) is 0 Å². The van der Waals surface area contributed by atoms with E-state index >= 15 is 0 Å². The summed E-state index contributed by atoms with van der Waals surface area (Å²) < 4.78 is 0. The third kappa shape index (κ3) is 4.00. The van der Waals surface area contributed by atoms with Gasteiger partial charge in [0.05, 0.1) is 6.54 Å². The Kier molecular flexibility index (Phi) is 5.02. The molecular formula is C14H19ClN2O. The fraction of sp³-hybridized carbons (Fsp3) is 0.500. The number of carbonyl (C=O) groups is 1. The number of benzene rings is 1. The second kappa shape index (κ2) is 6.76. The van der Waals surface area contributed by atoms with Gasteiger partial charge < -0.3 is 5.32 Å². The number of rotatable bonds is 4. The first-order chi connectivity index (χ1) is 8.75. The fourth-order valence-corrected chi connectivity index (χ4v) is 2.41. The van der Waals surface area contributed by atoms with Crippen LogP contribution in [-0.2, 0) is 11.3 Å². The van der Waals surface area contributed by atoms with E-state index in [2.05, 4.69) is 10.2 Å². The van der Waals surface area contributed by atoms with Crippen LogP contribution in [0.1, 0.15) is 24.8 Å². The van der Waals surface area contributed by atoms with Crippen LogP contribution in [0.3, 0.4) is 0 Å². The minimum absolute atomic E-state index is 0.0804. The predicted octanol–water partition coefficient (Wildman–Crippen LogP) is 2.44. The van der Waals surface area contributed by atoms with E-state index in [1.807, 2.05) is 24.3 Å². The Balaban J connectivity index is 1.76.